The van der Waals surface area contributed by atoms with Crippen LogP contribution >= 0.6 is 15.9 Å². The molecule has 1 unspecified atom stereocenters. The summed E-state index contributed by atoms with van der Waals surface area (Å²) >= 11 is 3.17. The first-order valence-electron chi connectivity index (χ1n) is 5.95. The first-order chi connectivity index (χ1) is 8.15. The monoisotopic (exact) mass is 298 g/mol. The van der Waals surface area contributed by atoms with Crippen molar-refractivity contribution in [3.8, 4) is 0 Å². The van der Waals surface area contributed by atoms with E-state index in [0.717, 1.165) is 30.9 Å². The fourth-order valence-electron chi connectivity index (χ4n) is 2.05. The smallest absolute Gasteiger partial charge is 0.139 e. The van der Waals surface area contributed by atoms with Crippen LogP contribution in [0.25, 0.3) is 0 Å². The van der Waals surface area contributed by atoms with Gasteiger partial charge in [-0.3, -0.25) is 4.99 Å². The van der Waals surface area contributed by atoms with Crippen molar-refractivity contribution in [2.24, 2.45) is 4.99 Å². The van der Waals surface area contributed by atoms with Crippen LogP contribution in [0.5, 0.6) is 0 Å². The van der Waals surface area contributed by atoms with Crippen LogP contribution in [0.1, 0.15) is 26.7 Å². The highest BCUT2D eigenvalue weighted by molar-refractivity contribution is 9.10. The normalized spacial score (nSPS) is 19.6. The molecule has 0 aromatic heterocycles. The summed E-state index contributed by atoms with van der Waals surface area (Å²) in [6, 6.07) is 5.58. The molecular weight excluding hydrogens is 283 g/mol. The Morgan fingerprint density at radius 2 is 2.24 bits per heavy atom. The third-order valence-electron chi connectivity index (χ3n) is 3.04. The van der Waals surface area contributed by atoms with Crippen LogP contribution in [-0.4, -0.2) is 18.4 Å². The molecule has 0 saturated heterocycles. The van der Waals surface area contributed by atoms with Gasteiger partial charge in [-0.25, -0.2) is 4.39 Å². The van der Waals surface area contributed by atoms with E-state index in [0.29, 0.717) is 10.5 Å². The molecule has 1 aliphatic heterocycles. The molecule has 0 bridgehead atoms. The molecule has 1 heterocycles. The molecule has 0 amide bonds. The summed E-state index contributed by atoms with van der Waals surface area (Å²) < 4.78 is 14.0. The van der Waals surface area contributed by atoms with Crippen molar-refractivity contribution >= 4 is 27.5 Å². The van der Waals surface area contributed by atoms with Crippen LogP contribution in [0, 0.1) is 5.82 Å². The number of nitrogens with zero attached hydrogens (tertiary/aromatic N) is 2. The van der Waals surface area contributed by atoms with Crippen molar-refractivity contribution in [3.05, 3.63) is 28.5 Å². The van der Waals surface area contributed by atoms with Crippen molar-refractivity contribution in [2.45, 2.75) is 32.7 Å². The first kappa shape index (κ1) is 12.6. The highest BCUT2D eigenvalue weighted by Crippen LogP contribution is 2.26. The van der Waals surface area contributed by atoms with Gasteiger partial charge in [-0.2, -0.15) is 0 Å². The number of amidine groups is 1. The average molecular weight is 299 g/mol. The highest BCUT2D eigenvalue weighted by Gasteiger charge is 2.24. The third kappa shape index (κ3) is 2.51. The number of benzene rings is 1. The summed E-state index contributed by atoms with van der Waals surface area (Å²) in [5.41, 5.74) is 0.891. The number of halogens is 2. The Kier molecular flexibility index (Phi) is 3.82. The number of hydrogen-bond donors (Lipinski definition) is 0. The fourth-order valence-corrected chi connectivity index (χ4v) is 2.29. The number of anilines is 1. The Hall–Kier alpha value is -0.900. The molecule has 0 fully saturated rings. The van der Waals surface area contributed by atoms with Crippen LogP contribution in [0.4, 0.5) is 10.1 Å². The minimum atomic E-state index is -0.224. The predicted octanol–water partition coefficient (Wildman–Crippen LogP) is 4.00. The maximum absolute atomic E-state index is 13.5. The zero-order chi connectivity index (χ0) is 12.4. The maximum Gasteiger partial charge on any atom is 0.139 e. The van der Waals surface area contributed by atoms with Crippen molar-refractivity contribution < 1.29 is 4.39 Å². The molecule has 1 aromatic carbocycles. The Morgan fingerprint density at radius 3 is 2.82 bits per heavy atom. The van der Waals surface area contributed by atoms with Crippen LogP contribution < -0.4 is 4.90 Å². The number of rotatable bonds is 3. The SMILES string of the molecule is CCC1=NC(CC)CN1c1ccc(Br)c(F)c1. The van der Waals surface area contributed by atoms with Gasteiger partial charge in [-0.1, -0.05) is 13.8 Å². The molecule has 0 saturated carbocycles. The van der Waals surface area contributed by atoms with E-state index >= 15 is 0 Å². The van der Waals surface area contributed by atoms with Crippen molar-refractivity contribution in [3.63, 3.8) is 0 Å². The summed E-state index contributed by atoms with van der Waals surface area (Å²) in [6.45, 7) is 5.08. The molecule has 0 aliphatic carbocycles. The lowest BCUT2D eigenvalue weighted by Gasteiger charge is -2.20. The number of hydrogen-bond acceptors (Lipinski definition) is 2. The van der Waals surface area contributed by atoms with Crippen LogP contribution in [-0.2, 0) is 0 Å². The van der Waals surface area contributed by atoms with E-state index in [9.17, 15) is 4.39 Å². The van der Waals surface area contributed by atoms with Gasteiger partial charge in [0.15, 0.2) is 0 Å². The maximum atomic E-state index is 13.5. The molecule has 2 rings (SSSR count). The second-order valence-electron chi connectivity index (χ2n) is 4.17. The molecule has 1 aromatic rings. The standard InChI is InChI=1S/C13H16BrFN2/c1-3-9-8-17(13(4-2)16-9)10-5-6-11(14)12(15)7-10/h5-7,9H,3-4,8H2,1-2H3. The van der Waals surface area contributed by atoms with Crippen LogP contribution in [0.15, 0.2) is 27.7 Å². The lowest BCUT2D eigenvalue weighted by atomic mass is 10.2. The second kappa shape index (κ2) is 5.17. The quantitative estimate of drug-likeness (QED) is 0.824. The third-order valence-corrected chi connectivity index (χ3v) is 3.68. The van der Waals surface area contributed by atoms with E-state index in [1.807, 2.05) is 6.07 Å². The summed E-state index contributed by atoms with van der Waals surface area (Å²) in [6.07, 6.45) is 1.91. The van der Waals surface area contributed by atoms with E-state index in [1.165, 1.54) is 0 Å². The topological polar surface area (TPSA) is 15.6 Å². The molecule has 0 radical (unpaired) electrons. The van der Waals surface area contributed by atoms with Gasteiger partial charge in [0, 0.05) is 18.7 Å². The van der Waals surface area contributed by atoms with Gasteiger partial charge in [-0.05, 0) is 40.5 Å². The van der Waals surface area contributed by atoms with Crippen molar-refractivity contribution in [1.82, 2.24) is 0 Å². The van der Waals surface area contributed by atoms with E-state index in [2.05, 4.69) is 39.7 Å². The van der Waals surface area contributed by atoms with E-state index in [1.54, 1.807) is 12.1 Å². The van der Waals surface area contributed by atoms with Crippen molar-refractivity contribution in [2.75, 3.05) is 11.4 Å². The lowest BCUT2D eigenvalue weighted by molar-refractivity contribution is 0.620. The van der Waals surface area contributed by atoms with Crippen LogP contribution in [0.3, 0.4) is 0 Å². The molecule has 2 nitrogen and oxygen atoms in total. The molecular formula is C13H16BrFN2. The second-order valence-corrected chi connectivity index (χ2v) is 5.02. The minimum Gasteiger partial charge on any atom is -0.328 e. The van der Waals surface area contributed by atoms with Gasteiger partial charge in [0.1, 0.15) is 11.7 Å². The molecule has 4 heteroatoms. The molecule has 0 N–H and O–H groups in total. The molecule has 1 aliphatic rings. The van der Waals surface area contributed by atoms with Crippen LogP contribution in [0.2, 0.25) is 0 Å². The van der Waals surface area contributed by atoms with Crippen molar-refractivity contribution in [1.29, 1.82) is 0 Å². The molecule has 17 heavy (non-hydrogen) atoms. The molecule has 0 spiro atoms. The zero-order valence-corrected chi connectivity index (χ0v) is 11.7. The minimum absolute atomic E-state index is 0.224. The van der Waals surface area contributed by atoms with E-state index in [-0.39, 0.29) is 5.82 Å². The Balaban J connectivity index is 2.28. The summed E-state index contributed by atoms with van der Waals surface area (Å²) in [4.78, 5) is 6.76. The van der Waals surface area contributed by atoms with E-state index < -0.39 is 0 Å². The zero-order valence-electron chi connectivity index (χ0n) is 10.1. The van der Waals surface area contributed by atoms with Gasteiger partial charge >= 0.3 is 0 Å². The summed E-state index contributed by atoms with van der Waals surface area (Å²) in [7, 11) is 0. The fraction of sp³-hybridized carbons (Fsp3) is 0.462. The summed E-state index contributed by atoms with van der Waals surface area (Å²) in [5.74, 6) is 0.830. The first-order valence-corrected chi connectivity index (χ1v) is 6.74. The van der Waals surface area contributed by atoms with Gasteiger partial charge < -0.3 is 4.90 Å². The Labute approximate surface area is 110 Å². The molecule has 1 atom stereocenters. The van der Waals surface area contributed by atoms with Gasteiger partial charge in [-0.15, -0.1) is 0 Å². The Bertz CT molecular complexity index is 445. The van der Waals surface area contributed by atoms with E-state index in [4.69, 9.17) is 0 Å². The summed E-state index contributed by atoms with van der Waals surface area (Å²) in [5, 5.41) is 0. The Morgan fingerprint density at radius 1 is 1.47 bits per heavy atom. The lowest BCUT2D eigenvalue weighted by Crippen LogP contribution is -2.28. The largest absolute Gasteiger partial charge is 0.328 e. The number of aliphatic imine (C=N–C) groups is 1. The van der Waals surface area contributed by atoms with Gasteiger partial charge in [0.25, 0.3) is 0 Å². The highest BCUT2D eigenvalue weighted by atomic mass is 79.9. The average Bonchev–Trinajstić information content (AvgIpc) is 2.76. The van der Waals surface area contributed by atoms with Gasteiger partial charge in [0.05, 0.1) is 10.5 Å². The predicted molar refractivity (Wildman–Crippen MR) is 73.3 cm³/mol. The van der Waals surface area contributed by atoms with Gasteiger partial charge in [0.2, 0.25) is 0 Å². The molecule has 92 valence electrons.